The molecule has 1 unspecified atom stereocenters. The predicted molar refractivity (Wildman–Crippen MR) is 96.6 cm³/mol. The second-order valence-corrected chi connectivity index (χ2v) is 6.99. The summed E-state index contributed by atoms with van der Waals surface area (Å²) >= 11 is 0. The zero-order valence-electron chi connectivity index (χ0n) is 15.1. The van der Waals surface area contributed by atoms with Crippen LogP contribution in [0.1, 0.15) is 29.8 Å². The fourth-order valence-corrected chi connectivity index (χ4v) is 3.21. The summed E-state index contributed by atoms with van der Waals surface area (Å²) in [6, 6.07) is 7.05. The van der Waals surface area contributed by atoms with Crippen molar-refractivity contribution in [3.63, 3.8) is 0 Å². The summed E-state index contributed by atoms with van der Waals surface area (Å²) in [6.45, 7) is 3.51. The van der Waals surface area contributed by atoms with Crippen molar-refractivity contribution >= 4 is 5.91 Å². The first kappa shape index (κ1) is 18.3. The van der Waals surface area contributed by atoms with Crippen LogP contribution in [-0.2, 0) is 17.8 Å². The number of pyridine rings is 1. The number of aromatic nitrogens is 3. The Bertz CT molecular complexity index is 828. The van der Waals surface area contributed by atoms with Crippen molar-refractivity contribution in [2.75, 3.05) is 0 Å². The van der Waals surface area contributed by atoms with Gasteiger partial charge in [-0.15, -0.1) is 0 Å². The maximum Gasteiger partial charge on any atom is 0.267 e. The number of aryl methyl sites for hydroxylation is 2. The van der Waals surface area contributed by atoms with E-state index < -0.39 is 0 Å². The molecule has 1 saturated carbocycles. The van der Waals surface area contributed by atoms with Crippen LogP contribution >= 0.6 is 0 Å². The van der Waals surface area contributed by atoms with Crippen LogP contribution in [0.25, 0.3) is 0 Å². The van der Waals surface area contributed by atoms with Crippen molar-refractivity contribution in [3.8, 4) is 0 Å². The first-order valence-corrected chi connectivity index (χ1v) is 8.85. The Morgan fingerprint density at radius 1 is 1.38 bits per heavy atom. The van der Waals surface area contributed by atoms with Gasteiger partial charge in [0.15, 0.2) is 0 Å². The number of hydrogen-bond donors (Lipinski definition) is 2. The van der Waals surface area contributed by atoms with Crippen LogP contribution in [-0.4, -0.2) is 37.9 Å². The van der Waals surface area contributed by atoms with Crippen LogP contribution in [0, 0.1) is 19.8 Å². The van der Waals surface area contributed by atoms with Gasteiger partial charge in [0.05, 0.1) is 11.8 Å². The van der Waals surface area contributed by atoms with Gasteiger partial charge in [0, 0.05) is 30.4 Å². The Morgan fingerprint density at radius 2 is 2.15 bits per heavy atom. The van der Waals surface area contributed by atoms with Crippen molar-refractivity contribution in [1.82, 2.24) is 20.1 Å². The molecule has 7 nitrogen and oxygen atoms in total. The highest BCUT2D eigenvalue weighted by molar-refractivity contribution is 5.76. The molecular weight excluding hydrogens is 332 g/mol. The summed E-state index contributed by atoms with van der Waals surface area (Å²) in [5, 5.41) is 16.8. The Hall–Kier alpha value is -2.54. The standard InChI is InChI=1S/C19H24N4O3/c1-12-7-19(26)23(22-13(12)2)11-18(25)21-17(14-8-16(24)9-14)10-15-5-3-4-6-20-15/h3-7,14,16-17,24H,8-11H2,1-2H3,(H,21,25). The zero-order valence-corrected chi connectivity index (χ0v) is 15.1. The molecule has 2 aromatic rings. The number of amides is 1. The van der Waals surface area contributed by atoms with Gasteiger partial charge in [-0.3, -0.25) is 14.6 Å². The third-order valence-corrected chi connectivity index (χ3v) is 4.95. The number of aliphatic hydroxyl groups excluding tert-OH is 1. The van der Waals surface area contributed by atoms with E-state index in [0.717, 1.165) is 17.0 Å². The number of aliphatic hydroxyl groups is 1. The van der Waals surface area contributed by atoms with Gasteiger partial charge >= 0.3 is 0 Å². The van der Waals surface area contributed by atoms with Crippen LogP contribution in [0.4, 0.5) is 0 Å². The molecule has 0 bridgehead atoms. The minimum absolute atomic E-state index is 0.117. The lowest BCUT2D eigenvalue weighted by Gasteiger charge is -2.38. The van der Waals surface area contributed by atoms with E-state index in [9.17, 15) is 14.7 Å². The second kappa shape index (κ2) is 7.78. The molecule has 2 N–H and O–H groups in total. The van der Waals surface area contributed by atoms with Crippen LogP contribution < -0.4 is 10.9 Å². The van der Waals surface area contributed by atoms with Crippen molar-refractivity contribution in [2.45, 2.75) is 51.8 Å². The van der Waals surface area contributed by atoms with Gasteiger partial charge < -0.3 is 10.4 Å². The SMILES string of the molecule is Cc1cc(=O)n(CC(=O)NC(Cc2ccccn2)C2CC(O)C2)nc1C. The zero-order chi connectivity index (χ0) is 18.7. The molecule has 0 aliphatic heterocycles. The summed E-state index contributed by atoms with van der Waals surface area (Å²) in [6.07, 6.45) is 3.35. The molecule has 2 aromatic heterocycles. The Balaban J connectivity index is 1.69. The number of rotatable bonds is 6. The number of carbonyl (C=O) groups is 1. The topological polar surface area (TPSA) is 97.1 Å². The Morgan fingerprint density at radius 3 is 2.81 bits per heavy atom. The summed E-state index contributed by atoms with van der Waals surface area (Å²) < 4.78 is 1.19. The largest absolute Gasteiger partial charge is 0.393 e. The molecule has 1 aliphatic carbocycles. The third-order valence-electron chi connectivity index (χ3n) is 4.95. The lowest BCUT2D eigenvalue weighted by Crippen LogP contribution is -2.49. The molecule has 138 valence electrons. The van der Waals surface area contributed by atoms with E-state index in [4.69, 9.17) is 0 Å². The van der Waals surface area contributed by atoms with Gasteiger partial charge in [-0.25, -0.2) is 4.68 Å². The van der Waals surface area contributed by atoms with Crippen molar-refractivity contribution in [3.05, 3.63) is 57.8 Å². The number of hydrogen-bond acceptors (Lipinski definition) is 5. The molecule has 1 aliphatic rings. The molecule has 1 atom stereocenters. The van der Waals surface area contributed by atoms with Crippen LogP contribution in [0.2, 0.25) is 0 Å². The summed E-state index contributed by atoms with van der Waals surface area (Å²) in [7, 11) is 0. The van der Waals surface area contributed by atoms with Gasteiger partial charge in [0.25, 0.3) is 5.56 Å². The molecule has 0 spiro atoms. The predicted octanol–water partition coefficient (Wildman–Crippen LogP) is 0.754. The van der Waals surface area contributed by atoms with Crippen molar-refractivity contribution in [1.29, 1.82) is 0 Å². The van der Waals surface area contributed by atoms with Gasteiger partial charge in [-0.2, -0.15) is 5.10 Å². The molecule has 0 radical (unpaired) electrons. The van der Waals surface area contributed by atoms with Crippen LogP contribution in [0.15, 0.2) is 35.3 Å². The molecule has 3 rings (SSSR count). The van der Waals surface area contributed by atoms with Crippen LogP contribution in [0.3, 0.4) is 0 Å². The first-order valence-electron chi connectivity index (χ1n) is 8.85. The second-order valence-electron chi connectivity index (χ2n) is 6.99. The third kappa shape index (κ3) is 4.35. The lowest BCUT2D eigenvalue weighted by atomic mass is 9.76. The van der Waals surface area contributed by atoms with E-state index in [2.05, 4.69) is 15.4 Å². The number of nitrogens with zero attached hydrogens (tertiary/aromatic N) is 3. The smallest absolute Gasteiger partial charge is 0.267 e. The molecule has 0 saturated heterocycles. The number of carbonyl (C=O) groups excluding carboxylic acids is 1. The molecule has 1 amide bonds. The molecule has 26 heavy (non-hydrogen) atoms. The first-order chi connectivity index (χ1) is 12.4. The van der Waals surface area contributed by atoms with E-state index >= 15 is 0 Å². The minimum atomic E-state index is -0.299. The van der Waals surface area contributed by atoms with E-state index in [-0.39, 0.29) is 36.1 Å². The molecule has 0 aromatic carbocycles. The monoisotopic (exact) mass is 356 g/mol. The molecule has 1 fully saturated rings. The average Bonchev–Trinajstić information content (AvgIpc) is 2.57. The lowest BCUT2D eigenvalue weighted by molar-refractivity contribution is -0.123. The highest BCUT2D eigenvalue weighted by Gasteiger charge is 2.35. The fourth-order valence-electron chi connectivity index (χ4n) is 3.21. The van der Waals surface area contributed by atoms with Crippen molar-refractivity contribution in [2.24, 2.45) is 5.92 Å². The normalized spacial score (nSPS) is 20.3. The van der Waals surface area contributed by atoms with Gasteiger partial charge in [-0.1, -0.05) is 6.07 Å². The maximum absolute atomic E-state index is 12.5. The number of nitrogens with one attached hydrogen (secondary N) is 1. The van der Waals surface area contributed by atoms with Gasteiger partial charge in [-0.05, 0) is 50.3 Å². The van der Waals surface area contributed by atoms with E-state index in [1.165, 1.54) is 10.7 Å². The van der Waals surface area contributed by atoms with Gasteiger partial charge in [0.2, 0.25) is 5.91 Å². The van der Waals surface area contributed by atoms with E-state index in [1.54, 1.807) is 6.20 Å². The molecule has 7 heteroatoms. The van der Waals surface area contributed by atoms with Crippen LogP contribution in [0.5, 0.6) is 0 Å². The summed E-state index contributed by atoms with van der Waals surface area (Å²) in [5.41, 5.74) is 2.14. The van der Waals surface area contributed by atoms with Gasteiger partial charge in [0.1, 0.15) is 6.54 Å². The fraction of sp³-hybridized carbons (Fsp3) is 0.474. The van der Waals surface area contributed by atoms with Crippen molar-refractivity contribution < 1.29 is 9.90 Å². The Labute approximate surface area is 152 Å². The maximum atomic E-state index is 12.5. The Kier molecular flexibility index (Phi) is 5.46. The summed E-state index contributed by atoms with van der Waals surface area (Å²) in [5.74, 6) is -0.0504. The molecular formula is C19H24N4O3. The van der Waals surface area contributed by atoms with E-state index in [1.807, 2.05) is 32.0 Å². The minimum Gasteiger partial charge on any atom is -0.393 e. The van der Waals surface area contributed by atoms with E-state index in [0.29, 0.717) is 19.3 Å². The average molecular weight is 356 g/mol. The highest BCUT2D eigenvalue weighted by Crippen LogP contribution is 2.31. The highest BCUT2D eigenvalue weighted by atomic mass is 16.3. The molecule has 2 heterocycles. The quantitative estimate of drug-likeness (QED) is 0.796. The summed E-state index contributed by atoms with van der Waals surface area (Å²) in [4.78, 5) is 28.8.